The summed E-state index contributed by atoms with van der Waals surface area (Å²) in [4.78, 5) is 28.3. The first-order valence-corrected chi connectivity index (χ1v) is 11.2. The van der Waals surface area contributed by atoms with Crippen LogP contribution in [0.2, 0.25) is 0 Å². The zero-order valence-corrected chi connectivity index (χ0v) is 18.9. The lowest BCUT2D eigenvalue weighted by atomic mass is 9.88. The average molecular weight is 458 g/mol. The maximum absolute atomic E-state index is 13.4. The van der Waals surface area contributed by atoms with E-state index in [9.17, 15) is 18.4 Å². The Kier molecular flexibility index (Phi) is 7.12. The number of nitrogens with zero attached hydrogens (tertiary/aromatic N) is 1. The zero-order valence-electron chi connectivity index (χ0n) is 18.9. The summed E-state index contributed by atoms with van der Waals surface area (Å²) in [6, 6.07) is 21.1. The number of likely N-dealkylation sites (tertiary alicyclic amines) is 1. The third kappa shape index (κ3) is 5.54. The molecule has 0 radical (unpaired) electrons. The predicted molar refractivity (Wildman–Crippen MR) is 130 cm³/mol. The van der Waals surface area contributed by atoms with Crippen LogP contribution in [0.25, 0.3) is 12.2 Å². The van der Waals surface area contributed by atoms with Crippen LogP contribution in [-0.4, -0.2) is 29.2 Å². The number of carbonyl (C=O) groups is 2. The van der Waals surface area contributed by atoms with Crippen LogP contribution in [0.15, 0.2) is 90.0 Å². The van der Waals surface area contributed by atoms with Crippen LogP contribution in [0, 0.1) is 11.6 Å². The van der Waals surface area contributed by atoms with Crippen LogP contribution in [-0.2, 0) is 16.0 Å². The Morgan fingerprint density at radius 3 is 2.03 bits per heavy atom. The highest BCUT2D eigenvalue weighted by atomic mass is 19.1. The van der Waals surface area contributed by atoms with Crippen LogP contribution < -0.4 is 0 Å². The molecule has 1 unspecified atom stereocenters. The zero-order chi connectivity index (χ0) is 24.1. The van der Waals surface area contributed by atoms with Crippen molar-refractivity contribution in [3.63, 3.8) is 0 Å². The molecular formula is C29H25F2NO2. The van der Waals surface area contributed by atoms with Gasteiger partial charge in [-0.3, -0.25) is 9.59 Å². The van der Waals surface area contributed by atoms with Crippen molar-refractivity contribution < 1.29 is 18.4 Å². The maximum atomic E-state index is 13.4. The molecule has 4 rings (SSSR count). The van der Waals surface area contributed by atoms with Gasteiger partial charge in [0.25, 0.3) is 0 Å². The Labute approximate surface area is 198 Å². The molecule has 1 fully saturated rings. The summed E-state index contributed by atoms with van der Waals surface area (Å²) in [5.74, 6) is -0.952. The van der Waals surface area contributed by atoms with Gasteiger partial charge in [0, 0.05) is 17.6 Å². The van der Waals surface area contributed by atoms with Gasteiger partial charge >= 0.3 is 0 Å². The van der Waals surface area contributed by atoms with Crippen molar-refractivity contribution in [1.82, 2.24) is 4.90 Å². The van der Waals surface area contributed by atoms with E-state index in [1.165, 1.54) is 24.3 Å². The van der Waals surface area contributed by atoms with Gasteiger partial charge < -0.3 is 4.90 Å². The number of amides is 1. The Morgan fingerprint density at radius 1 is 0.882 bits per heavy atom. The summed E-state index contributed by atoms with van der Waals surface area (Å²) in [6.45, 7) is 2.01. The van der Waals surface area contributed by atoms with E-state index in [0.717, 1.165) is 5.56 Å². The number of Topliss-reactive ketones (excluding diaryl/α,β-unsaturated/α-hetero) is 1. The van der Waals surface area contributed by atoms with Crippen molar-refractivity contribution in [1.29, 1.82) is 0 Å². The molecule has 1 heterocycles. The average Bonchev–Trinajstić information content (AvgIpc) is 2.85. The van der Waals surface area contributed by atoms with Gasteiger partial charge in [-0.05, 0) is 66.5 Å². The summed E-state index contributed by atoms with van der Waals surface area (Å²) >= 11 is 0. The maximum Gasteiger partial charge on any atom is 0.223 e. The first-order chi connectivity index (χ1) is 16.4. The number of piperidine rings is 1. The molecule has 1 atom stereocenters. The third-order valence-corrected chi connectivity index (χ3v) is 6.01. The SMILES string of the molecule is CC1/C(=C\c2ccc(F)cc2)C(=O)/C(=C/c2ccc(F)cc2)CN1C(=O)CCc1ccccc1. The number of rotatable bonds is 5. The normalized spacial score (nSPS) is 18.5. The van der Waals surface area contributed by atoms with Crippen molar-refractivity contribution in [3.8, 4) is 0 Å². The quantitative estimate of drug-likeness (QED) is 0.450. The minimum atomic E-state index is -0.439. The van der Waals surface area contributed by atoms with E-state index in [4.69, 9.17) is 0 Å². The highest BCUT2D eigenvalue weighted by Crippen LogP contribution is 2.28. The Bertz CT molecular complexity index is 1230. The first-order valence-electron chi connectivity index (χ1n) is 11.2. The lowest BCUT2D eigenvalue weighted by Gasteiger charge is -2.36. The lowest BCUT2D eigenvalue weighted by molar-refractivity contribution is -0.133. The Hall–Kier alpha value is -3.86. The number of aryl methyl sites for hydroxylation is 1. The monoisotopic (exact) mass is 457 g/mol. The molecule has 0 bridgehead atoms. The molecule has 0 N–H and O–H groups in total. The number of ketones is 1. The van der Waals surface area contributed by atoms with E-state index < -0.39 is 6.04 Å². The van der Waals surface area contributed by atoms with Crippen molar-refractivity contribution in [2.24, 2.45) is 0 Å². The fourth-order valence-electron chi connectivity index (χ4n) is 4.08. The smallest absolute Gasteiger partial charge is 0.223 e. The molecule has 1 aliphatic rings. The summed E-state index contributed by atoms with van der Waals surface area (Å²) in [5, 5.41) is 0. The van der Waals surface area contributed by atoms with Gasteiger partial charge in [-0.25, -0.2) is 8.78 Å². The standard InChI is InChI=1S/C29H25F2NO2/c1-20-27(18-23-9-14-26(31)15-10-23)29(34)24(17-22-7-12-25(30)13-8-22)19-32(20)28(33)16-11-21-5-3-2-4-6-21/h2-10,12-15,17-18,20H,11,16,19H2,1H3/b24-17+,27-18+. The molecule has 0 spiro atoms. The Morgan fingerprint density at radius 2 is 1.44 bits per heavy atom. The van der Waals surface area contributed by atoms with Crippen LogP contribution in [0.3, 0.4) is 0 Å². The van der Waals surface area contributed by atoms with Crippen molar-refractivity contribution >= 4 is 23.8 Å². The van der Waals surface area contributed by atoms with Gasteiger partial charge in [0.2, 0.25) is 5.91 Å². The van der Waals surface area contributed by atoms with E-state index in [2.05, 4.69) is 0 Å². The molecule has 1 aliphatic heterocycles. The van der Waals surface area contributed by atoms with Gasteiger partial charge in [0.1, 0.15) is 11.6 Å². The topological polar surface area (TPSA) is 37.4 Å². The minimum Gasteiger partial charge on any atom is -0.331 e. The van der Waals surface area contributed by atoms with Gasteiger partial charge in [-0.15, -0.1) is 0 Å². The fourth-order valence-corrected chi connectivity index (χ4v) is 4.08. The minimum absolute atomic E-state index is 0.0566. The molecular weight excluding hydrogens is 432 g/mol. The van der Waals surface area contributed by atoms with Gasteiger partial charge in [-0.2, -0.15) is 0 Å². The molecule has 3 aromatic carbocycles. The molecule has 172 valence electrons. The van der Waals surface area contributed by atoms with Gasteiger partial charge in [-0.1, -0.05) is 54.6 Å². The predicted octanol–water partition coefficient (Wildman–Crippen LogP) is 5.86. The summed E-state index contributed by atoms with van der Waals surface area (Å²) in [5.41, 5.74) is 3.33. The second kappa shape index (κ2) is 10.4. The largest absolute Gasteiger partial charge is 0.331 e. The second-order valence-electron chi connectivity index (χ2n) is 8.38. The number of hydrogen-bond donors (Lipinski definition) is 0. The van der Waals surface area contributed by atoms with E-state index in [1.54, 1.807) is 41.3 Å². The van der Waals surface area contributed by atoms with Crippen molar-refractivity contribution in [2.75, 3.05) is 6.54 Å². The van der Waals surface area contributed by atoms with Crippen LogP contribution in [0.1, 0.15) is 30.0 Å². The summed E-state index contributed by atoms with van der Waals surface area (Å²) in [6.07, 6.45) is 4.33. The van der Waals surface area contributed by atoms with Crippen LogP contribution >= 0.6 is 0 Å². The molecule has 3 nitrogen and oxygen atoms in total. The lowest BCUT2D eigenvalue weighted by Crippen LogP contribution is -2.47. The summed E-state index contributed by atoms with van der Waals surface area (Å²) < 4.78 is 26.7. The highest BCUT2D eigenvalue weighted by molar-refractivity contribution is 6.16. The van der Waals surface area contributed by atoms with Gasteiger partial charge in [0.15, 0.2) is 5.78 Å². The van der Waals surface area contributed by atoms with Crippen molar-refractivity contribution in [2.45, 2.75) is 25.8 Å². The molecule has 0 aromatic heterocycles. The number of halogens is 2. The van der Waals surface area contributed by atoms with E-state index in [-0.39, 0.29) is 29.9 Å². The van der Waals surface area contributed by atoms with Crippen LogP contribution in [0.4, 0.5) is 8.78 Å². The molecule has 1 amide bonds. The molecule has 3 aromatic rings. The molecule has 1 saturated heterocycles. The van der Waals surface area contributed by atoms with Gasteiger partial charge in [0.05, 0.1) is 12.6 Å². The highest BCUT2D eigenvalue weighted by Gasteiger charge is 2.34. The van der Waals surface area contributed by atoms with E-state index in [1.807, 2.05) is 37.3 Å². The molecule has 0 saturated carbocycles. The number of benzene rings is 3. The fraction of sp³-hybridized carbons (Fsp3) is 0.172. The third-order valence-electron chi connectivity index (χ3n) is 6.01. The first kappa shape index (κ1) is 23.3. The van der Waals surface area contributed by atoms with E-state index in [0.29, 0.717) is 35.1 Å². The second-order valence-corrected chi connectivity index (χ2v) is 8.38. The van der Waals surface area contributed by atoms with Crippen molar-refractivity contribution in [3.05, 3.63) is 118 Å². The molecule has 0 aliphatic carbocycles. The number of carbonyl (C=O) groups excluding carboxylic acids is 2. The summed E-state index contributed by atoms with van der Waals surface area (Å²) in [7, 11) is 0. The number of hydrogen-bond acceptors (Lipinski definition) is 2. The Balaban J connectivity index is 1.66. The van der Waals surface area contributed by atoms with E-state index >= 15 is 0 Å². The molecule has 34 heavy (non-hydrogen) atoms. The van der Waals surface area contributed by atoms with Crippen LogP contribution in [0.5, 0.6) is 0 Å². The molecule has 5 heteroatoms.